The van der Waals surface area contributed by atoms with Crippen molar-refractivity contribution in [1.82, 2.24) is 0 Å². The van der Waals surface area contributed by atoms with E-state index in [9.17, 15) is 4.79 Å². The van der Waals surface area contributed by atoms with Gasteiger partial charge in [-0.25, -0.2) is 0 Å². The van der Waals surface area contributed by atoms with Crippen LogP contribution in [0.4, 0.5) is 0 Å². The van der Waals surface area contributed by atoms with Crippen molar-refractivity contribution < 1.29 is 14.3 Å². The standard InChI is InChI=1S/C19H18Cl2O3/c1-11-6-14(23-10-12-4-5-13(20)7-15(12)21)8-17-18(11)16(22)9-19(2,3)24-17/h4-8H,9-10H2,1-3H3. The van der Waals surface area contributed by atoms with Gasteiger partial charge in [0.1, 0.15) is 23.7 Å². The van der Waals surface area contributed by atoms with Gasteiger partial charge in [0.05, 0.1) is 12.0 Å². The summed E-state index contributed by atoms with van der Waals surface area (Å²) in [5.74, 6) is 1.32. The molecule has 2 aromatic rings. The summed E-state index contributed by atoms with van der Waals surface area (Å²) in [6.07, 6.45) is 0.376. The second-order valence-corrected chi connectivity index (χ2v) is 7.44. The predicted octanol–water partition coefficient (Wildman–Crippen LogP) is 5.62. The minimum atomic E-state index is -0.505. The summed E-state index contributed by atoms with van der Waals surface area (Å²) >= 11 is 12.1. The molecule has 0 amide bonds. The zero-order chi connectivity index (χ0) is 17.5. The first-order chi connectivity index (χ1) is 11.2. The zero-order valence-corrected chi connectivity index (χ0v) is 15.3. The topological polar surface area (TPSA) is 35.5 Å². The Balaban J connectivity index is 1.85. The van der Waals surface area contributed by atoms with E-state index in [0.717, 1.165) is 11.1 Å². The molecule has 5 heteroatoms. The lowest BCUT2D eigenvalue weighted by Gasteiger charge is -2.32. The van der Waals surface area contributed by atoms with Crippen LogP contribution in [0.3, 0.4) is 0 Å². The van der Waals surface area contributed by atoms with Gasteiger partial charge in [-0.3, -0.25) is 4.79 Å². The molecule has 1 heterocycles. The number of halogens is 2. The zero-order valence-electron chi connectivity index (χ0n) is 13.8. The van der Waals surface area contributed by atoms with Crippen LogP contribution < -0.4 is 9.47 Å². The van der Waals surface area contributed by atoms with Crippen molar-refractivity contribution in [2.45, 2.75) is 39.4 Å². The first-order valence-corrected chi connectivity index (χ1v) is 8.44. The number of Topliss-reactive ketones (excluding diaryl/α,β-unsaturated/α-hetero) is 1. The molecule has 126 valence electrons. The Hall–Kier alpha value is -1.71. The van der Waals surface area contributed by atoms with Crippen LogP contribution in [0, 0.1) is 6.92 Å². The van der Waals surface area contributed by atoms with Crippen molar-refractivity contribution in [2.24, 2.45) is 0 Å². The van der Waals surface area contributed by atoms with Gasteiger partial charge in [-0.2, -0.15) is 0 Å². The molecular weight excluding hydrogens is 347 g/mol. The summed E-state index contributed by atoms with van der Waals surface area (Å²) in [5, 5.41) is 1.15. The van der Waals surface area contributed by atoms with Crippen molar-refractivity contribution >= 4 is 29.0 Å². The molecule has 0 fully saturated rings. The van der Waals surface area contributed by atoms with Crippen molar-refractivity contribution in [3.63, 3.8) is 0 Å². The minimum absolute atomic E-state index is 0.103. The third-order valence-electron chi connectivity index (χ3n) is 3.93. The van der Waals surface area contributed by atoms with Gasteiger partial charge < -0.3 is 9.47 Å². The summed E-state index contributed by atoms with van der Waals surface area (Å²) in [6, 6.07) is 8.91. The molecular formula is C19H18Cl2O3. The van der Waals surface area contributed by atoms with Gasteiger partial charge in [0.2, 0.25) is 0 Å². The Bertz CT molecular complexity index is 812. The predicted molar refractivity (Wildman–Crippen MR) is 95.6 cm³/mol. The number of carbonyl (C=O) groups is 1. The van der Waals surface area contributed by atoms with Crippen molar-refractivity contribution in [2.75, 3.05) is 0 Å². The maximum atomic E-state index is 12.3. The van der Waals surface area contributed by atoms with Crippen LogP contribution >= 0.6 is 23.2 Å². The van der Waals surface area contributed by atoms with E-state index in [1.54, 1.807) is 18.2 Å². The van der Waals surface area contributed by atoms with E-state index in [2.05, 4.69) is 0 Å². The van der Waals surface area contributed by atoms with Crippen LogP contribution in [0.25, 0.3) is 0 Å². The van der Waals surface area contributed by atoms with Gasteiger partial charge in [0, 0.05) is 21.7 Å². The van der Waals surface area contributed by atoms with Crippen LogP contribution in [0.5, 0.6) is 11.5 Å². The molecule has 0 N–H and O–H groups in total. The molecule has 0 aliphatic carbocycles. The van der Waals surface area contributed by atoms with Gasteiger partial charge in [0.25, 0.3) is 0 Å². The number of rotatable bonds is 3. The molecule has 1 aliphatic rings. The summed E-state index contributed by atoms with van der Waals surface area (Å²) < 4.78 is 11.8. The summed E-state index contributed by atoms with van der Waals surface area (Å²) in [7, 11) is 0. The first kappa shape index (κ1) is 17.1. The monoisotopic (exact) mass is 364 g/mol. The molecule has 3 nitrogen and oxygen atoms in total. The lowest BCUT2D eigenvalue weighted by atomic mass is 9.90. The maximum absolute atomic E-state index is 12.3. The van der Waals surface area contributed by atoms with E-state index in [-0.39, 0.29) is 5.78 Å². The van der Waals surface area contributed by atoms with E-state index in [1.165, 1.54) is 0 Å². The number of ether oxygens (including phenoxy) is 2. The Kier molecular flexibility index (Phi) is 4.50. The van der Waals surface area contributed by atoms with Crippen LogP contribution in [0.1, 0.15) is 41.8 Å². The Morgan fingerprint density at radius 2 is 1.96 bits per heavy atom. The average molecular weight is 365 g/mol. The summed E-state index contributed by atoms with van der Waals surface area (Å²) in [5.41, 5.74) is 1.83. The number of fused-ring (bicyclic) bond motifs is 1. The first-order valence-electron chi connectivity index (χ1n) is 7.69. The lowest BCUT2D eigenvalue weighted by molar-refractivity contribution is 0.0616. The smallest absolute Gasteiger partial charge is 0.170 e. The fraction of sp³-hybridized carbons (Fsp3) is 0.316. The highest BCUT2D eigenvalue weighted by Crippen LogP contribution is 2.38. The van der Waals surface area contributed by atoms with Gasteiger partial charge in [0.15, 0.2) is 5.78 Å². The highest BCUT2D eigenvalue weighted by atomic mass is 35.5. The molecule has 0 spiro atoms. The molecule has 0 bridgehead atoms. The molecule has 3 rings (SSSR count). The Morgan fingerprint density at radius 1 is 1.21 bits per heavy atom. The third-order valence-corrected chi connectivity index (χ3v) is 4.52. The van der Waals surface area contributed by atoms with Crippen LogP contribution in [-0.4, -0.2) is 11.4 Å². The minimum Gasteiger partial charge on any atom is -0.489 e. The molecule has 0 saturated carbocycles. The highest BCUT2D eigenvalue weighted by Gasteiger charge is 2.33. The SMILES string of the molecule is Cc1cc(OCc2ccc(Cl)cc2Cl)cc2c1C(=O)CC(C)(C)O2. The normalized spacial score (nSPS) is 15.6. The highest BCUT2D eigenvalue weighted by molar-refractivity contribution is 6.35. The Morgan fingerprint density at radius 3 is 2.67 bits per heavy atom. The van der Waals surface area contributed by atoms with E-state index < -0.39 is 5.60 Å². The van der Waals surface area contributed by atoms with Gasteiger partial charge >= 0.3 is 0 Å². The number of ketones is 1. The summed E-state index contributed by atoms with van der Waals surface area (Å²) in [6.45, 7) is 6.01. The van der Waals surface area contributed by atoms with E-state index >= 15 is 0 Å². The maximum Gasteiger partial charge on any atom is 0.170 e. The fourth-order valence-electron chi connectivity index (χ4n) is 2.85. The van der Waals surface area contributed by atoms with Crippen LogP contribution in [-0.2, 0) is 6.61 Å². The van der Waals surface area contributed by atoms with E-state index in [0.29, 0.717) is 40.1 Å². The largest absolute Gasteiger partial charge is 0.489 e. The van der Waals surface area contributed by atoms with Crippen LogP contribution in [0.2, 0.25) is 10.0 Å². The second-order valence-electron chi connectivity index (χ2n) is 6.60. The van der Waals surface area contributed by atoms with Crippen molar-refractivity contribution in [3.8, 4) is 11.5 Å². The molecule has 24 heavy (non-hydrogen) atoms. The number of aryl methyl sites for hydroxylation is 1. The molecule has 0 aromatic heterocycles. The molecule has 1 aliphatic heterocycles. The van der Waals surface area contributed by atoms with Crippen molar-refractivity contribution in [3.05, 3.63) is 57.1 Å². The second kappa shape index (κ2) is 6.30. The van der Waals surface area contributed by atoms with Gasteiger partial charge in [-0.15, -0.1) is 0 Å². The van der Waals surface area contributed by atoms with Gasteiger partial charge in [-0.05, 0) is 44.5 Å². The van der Waals surface area contributed by atoms with E-state index in [4.69, 9.17) is 32.7 Å². The fourth-order valence-corrected chi connectivity index (χ4v) is 3.32. The third kappa shape index (κ3) is 3.52. The van der Waals surface area contributed by atoms with Crippen LogP contribution in [0.15, 0.2) is 30.3 Å². The average Bonchev–Trinajstić information content (AvgIpc) is 2.43. The summed E-state index contributed by atoms with van der Waals surface area (Å²) in [4.78, 5) is 12.3. The molecule has 0 unspecified atom stereocenters. The van der Waals surface area contributed by atoms with Gasteiger partial charge in [-0.1, -0.05) is 29.3 Å². The number of carbonyl (C=O) groups excluding carboxylic acids is 1. The molecule has 2 aromatic carbocycles. The van der Waals surface area contributed by atoms with E-state index in [1.807, 2.05) is 32.9 Å². The number of hydrogen-bond acceptors (Lipinski definition) is 3. The quantitative estimate of drug-likeness (QED) is 0.708. The Labute approximate surface area is 151 Å². The van der Waals surface area contributed by atoms with Crippen molar-refractivity contribution in [1.29, 1.82) is 0 Å². The molecule has 0 saturated heterocycles. The lowest BCUT2D eigenvalue weighted by Crippen LogP contribution is -2.36. The molecule has 0 radical (unpaired) electrons. The number of hydrogen-bond donors (Lipinski definition) is 0. The number of benzene rings is 2. The molecule has 0 atom stereocenters.